The van der Waals surface area contributed by atoms with Crippen LogP contribution in [0.15, 0.2) is 29.2 Å². The number of rotatable bonds is 10. The number of benzene rings is 1. The minimum Gasteiger partial charge on any atom is -0.761 e. The van der Waals surface area contributed by atoms with E-state index in [0.29, 0.717) is 0 Å². The van der Waals surface area contributed by atoms with Crippen LogP contribution >= 0.6 is 0 Å². The summed E-state index contributed by atoms with van der Waals surface area (Å²) >= 11 is 0. The number of ketones is 1. The first-order chi connectivity index (χ1) is 13.8. The van der Waals surface area contributed by atoms with Gasteiger partial charge >= 0.3 is 5.97 Å². The molecule has 0 amide bonds. The molecule has 2 rings (SSSR count). The van der Waals surface area contributed by atoms with Gasteiger partial charge < -0.3 is 24.9 Å². The summed E-state index contributed by atoms with van der Waals surface area (Å²) in [6.45, 7) is 1.57. The van der Waals surface area contributed by atoms with Crippen LogP contribution in [0.25, 0.3) is 0 Å². The average molecular weight is 429 g/mol. The number of carbonyl (C=O) groups excluding carboxylic acids is 2. The van der Waals surface area contributed by atoms with Gasteiger partial charge in [0.2, 0.25) is 10.0 Å². The molecular formula is C18H25N2O8S-. The smallest absolute Gasteiger partial charge is 0.313 e. The summed E-state index contributed by atoms with van der Waals surface area (Å²) in [6, 6.07) is 5.78. The van der Waals surface area contributed by atoms with Crippen LogP contribution < -0.4 is 5.48 Å². The van der Waals surface area contributed by atoms with E-state index in [-0.39, 0.29) is 49.9 Å². The molecular weight excluding hydrogens is 404 g/mol. The summed E-state index contributed by atoms with van der Waals surface area (Å²) in [5.74, 6) is -1.14. The van der Waals surface area contributed by atoms with Crippen molar-refractivity contribution in [3.8, 4) is 0 Å². The molecule has 29 heavy (non-hydrogen) atoms. The summed E-state index contributed by atoms with van der Waals surface area (Å²) in [5.41, 5.74) is 0.235. The van der Waals surface area contributed by atoms with E-state index in [4.69, 9.17) is 14.2 Å². The molecule has 1 heterocycles. The van der Waals surface area contributed by atoms with Gasteiger partial charge in [0.1, 0.15) is 23.7 Å². The van der Waals surface area contributed by atoms with Crippen LogP contribution in [0.4, 0.5) is 5.69 Å². The van der Waals surface area contributed by atoms with E-state index in [9.17, 15) is 23.2 Å². The number of anilines is 1. The number of nitrogens with zero attached hydrogens (tertiary/aromatic N) is 1. The second-order valence-electron chi connectivity index (χ2n) is 6.45. The lowest BCUT2D eigenvalue weighted by Crippen LogP contribution is -2.53. The molecule has 0 radical (unpaired) electrons. The summed E-state index contributed by atoms with van der Waals surface area (Å²) in [4.78, 5) is 24.3. The van der Waals surface area contributed by atoms with E-state index in [2.05, 4.69) is 0 Å². The Hall–Kier alpha value is -2.05. The SMILES string of the molecule is CCOC(=O)CC(=O)C1(OCOC)CCN(S(=O)(=O)c2ccccc2N[O-])CC1. The predicted molar refractivity (Wildman–Crippen MR) is 103 cm³/mol. The summed E-state index contributed by atoms with van der Waals surface area (Å²) in [6.07, 6.45) is -0.380. The molecule has 1 aliphatic rings. The number of hydrogen-bond acceptors (Lipinski definition) is 9. The first kappa shape index (κ1) is 23.2. The van der Waals surface area contributed by atoms with Crippen LogP contribution in [-0.2, 0) is 33.8 Å². The molecule has 1 aromatic rings. The van der Waals surface area contributed by atoms with Gasteiger partial charge in [0.15, 0.2) is 5.78 Å². The van der Waals surface area contributed by atoms with E-state index in [1.165, 1.54) is 29.6 Å². The monoisotopic (exact) mass is 429 g/mol. The first-order valence-electron chi connectivity index (χ1n) is 9.10. The number of piperidine rings is 1. The molecule has 1 fully saturated rings. The number of nitrogens with one attached hydrogen (secondary N) is 1. The van der Waals surface area contributed by atoms with E-state index in [1.54, 1.807) is 18.5 Å². The molecule has 1 N–H and O–H groups in total. The topological polar surface area (TPSA) is 134 Å². The fraction of sp³-hybridized carbons (Fsp3) is 0.556. The van der Waals surface area contributed by atoms with Crippen LogP contribution in [0.1, 0.15) is 26.2 Å². The Morgan fingerprint density at radius 1 is 1.24 bits per heavy atom. The Morgan fingerprint density at radius 2 is 1.90 bits per heavy atom. The maximum atomic E-state index is 12.9. The third kappa shape index (κ3) is 5.31. The lowest BCUT2D eigenvalue weighted by atomic mass is 9.86. The van der Waals surface area contributed by atoms with Gasteiger partial charge in [0.05, 0.1) is 6.61 Å². The van der Waals surface area contributed by atoms with Gasteiger partial charge in [-0.05, 0) is 31.9 Å². The number of hydrogen-bond donors (Lipinski definition) is 1. The fourth-order valence-electron chi connectivity index (χ4n) is 3.18. The predicted octanol–water partition coefficient (Wildman–Crippen LogP) is 1.26. The van der Waals surface area contributed by atoms with Crippen molar-refractivity contribution in [1.82, 2.24) is 4.31 Å². The van der Waals surface area contributed by atoms with E-state index in [1.807, 2.05) is 0 Å². The summed E-state index contributed by atoms with van der Waals surface area (Å²) in [5, 5.41) is 11.1. The number of esters is 1. The Balaban J connectivity index is 2.19. The highest BCUT2D eigenvalue weighted by Crippen LogP contribution is 2.33. The van der Waals surface area contributed by atoms with Crippen molar-refractivity contribution in [1.29, 1.82) is 0 Å². The van der Waals surface area contributed by atoms with Crippen molar-refractivity contribution in [2.75, 3.05) is 39.1 Å². The minimum absolute atomic E-state index is 0.0200. The van der Waals surface area contributed by atoms with Gasteiger partial charge in [-0.2, -0.15) is 4.31 Å². The molecule has 0 saturated carbocycles. The molecule has 10 nitrogen and oxygen atoms in total. The zero-order valence-electron chi connectivity index (χ0n) is 16.4. The third-order valence-corrected chi connectivity index (χ3v) is 6.67. The van der Waals surface area contributed by atoms with Crippen molar-refractivity contribution in [2.24, 2.45) is 0 Å². The zero-order valence-corrected chi connectivity index (χ0v) is 17.2. The normalized spacial score (nSPS) is 16.9. The van der Waals surface area contributed by atoms with Crippen molar-refractivity contribution < 1.29 is 32.2 Å². The maximum Gasteiger partial charge on any atom is 0.313 e. The molecule has 1 aromatic carbocycles. The van der Waals surface area contributed by atoms with Gasteiger partial charge in [-0.25, -0.2) is 8.42 Å². The largest absolute Gasteiger partial charge is 0.761 e. The molecule has 0 spiro atoms. The van der Waals surface area contributed by atoms with Crippen LogP contribution in [0.2, 0.25) is 0 Å². The molecule has 0 unspecified atom stereocenters. The number of Topliss-reactive ketones (excluding diaryl/α,β-unsaturated/α-hetero) is 1. The minimum atomic E-state index is -3.95. The molecule has 0 aromatic heterocycles. The van der Waals surface area contributed by atoms with Crippen molar-refractivity contribution in [2.45, 2.75) is 36.7 Å². The highest BCUT2D eigenvalue weighted by molar-refractivity contribution is 7.89. The molecule has 0 bridgehead atoms. The molecule has 1 aliphatic heterocycles. The Morgan fingerprint density at radius 3 is 2.48 bits per heavy atom. The van der Waals surface area contributed by atoms with E-state index in [0.717, 1.165) is 0 Å². The molecule has 0 atom stereocenters. The number of methoxy groups -OCH3 is 1. The number of carbonyl (C=O) groups is 2. The van der Waals surface area contributed by atoms with Gasteiger partial charge in [-0.15, -0.1) is 0 Å². The highest BCUT2D eigenvalue weighted by atomic mass is 32.2. The maximum absolute atomic E-state index is 12.9. The molecule has 1 saturated heterocycles. The van der Waals surface area contributed by atoms with Crippen molar-refractivity contribution in [3.63, 3.8) is 0 Å². The lowest BCUT2D eigenvalue weighted by Gasteiger charge is -2.39. The van der Waals surface area contributed by atoms with Crippen LogP contribution in [0, 0.1) is 5.21 Å². The second kappa shape index (κ2) is 10.1. The molecule has 162 valence electrons. The van der Waals surface area contributed by atoms with Crippen LogP contribution in [0.5, 0.6) is 0 Å². The lowest BCUT2D eigenvalue weighted by molar-refractivity contribution is -0.173. The quantitative estimate of drug-likeness (QED) is 0.252. The van der Waals surface area contributed by atoms with Gasteiger partial charge in [-0.3, -0.25) is 9.59 Å². The highest BCUT2D eigenvalue weighted by Gasteiger charge is 2.45. The van der Waals surface area contributed by atoms with Crippen LogP contribution in [-0.4, -0.2) is 63.7 Å². The second-order valence-corrected chi connectivity index (χ2v) is 8.36. The van der Waals surface area contributed by atoms with Crippen molar-refractivity contribution in [3.05, 3.63) is 29.5 Å². The average Bonchev–Trinajstić information content (AvgIpc) is 2.72. The van der Waals surface area contributed by atoms with E-state index >= 15 is 0 Å². The molecule has 0 aliphatic carbocycles. The van der Waals surface area contributed by atoms with Crippen molar-refractivity contribution >= 4 is 27.5 Å². The van der Waals surface area contributed by atoms with Crippen LogP contribution in [0.3, 0.4) is 0 Å². The van der Waals surface area contributed by atoms with E-state index < -0.39 is 33.8 Å². The standard InChI is InChI=1S/C18H25N2O8S/c1-3-27-17(22)12-16(21)18(28-13-26-2)8-10-20(11-9-18)29(24,25)15-7-5-4-6-14(15)19-23/h4-7,19H,3,8-13H2,1-2H3/q-1. The fourth-order valence-corrected chi connectivity index (χ4v) is 4.76. The third-order valence-electron chi connectivity index (χ3n) is 4.72. The number of para-hydroxylation sites is 1. The van der Waals surface area contributed by atoms with Gasteiger partial charge in [0.25, 0.3) is 0 Å². The zero-order chi connectivity index (χ0) is 21.5. The number of sulfonamides is 1. The Labute approximate surface area is 169 Å². The first-order valence-corrected chi connectivity index (χ1v) is 10.5. The Kier molecular flexibility index (Phi) is 8.11. The van der Waals surface area contributed by atoms with Gasteiger partial charge in [-0.1, -0.05) is 12.1 Å². The Bertz CT molecular complexity index is 819. The number of ether oxygens (including phenoxy) is 3. The molecule has 11 heteroatoms. The van der Waals surface area contributed by atoms with Gasteiger partial charge in [0, 0.05) is 25.9 Å². The summed E-state index contributed by atoms with van der Waals surface area (Å²) in [7, 11) is -2.55. The summed E-state index contributed by atoms with van der Waals surface area (Å²) < 4.78 is 42.4.